The molecular weight excluding hydrogens is 286 g/mol. The van der Waals surface area contributed by atoms with E-state index in [0.717, 1.165) is 18.4 Å². The Hall–Kier alpha value is -3.43. The molecule has 1 amide bonds. The van der Waals surface area contributed by atoms with Gasteiger partial charge in [-0.15, -0.1) is 0 Å². The molecular formula is C11H7N3O7. The molecule has 10 heteroatoms. The van der Waals surface area contributed by atoms with E-state index in [4.69, 9.17) is 20.0 Å². The molecule has 0 aliphatic heterocycles. The minimum Gasteiger partial charge on any atom is -0.476 e. The summed E-state index contributed by atoms with van der Waals surface area (Å²) in [6.45, 7) is 0. The average Bonchev–Trinajstić information content (AvgIpc) is 2.87. The Morgan fingerprint density at radius 1 is 1.43 bits per heavy atom. The first kappa shape index (κ1) is 14.0. The molecule has 2 rings (SSSR count). The Bertz CT molecular complexity index is 737. The van der Waals surface area contributed by atoms with E-state index in [9.17, 15) is 19.7 Å². The lowest BCUT2D eigenvalue weighted by Gasteiger charge is -2.03. The first-order chi connectivity index (χ1) is 9.88. The molecule has 0 fully saturated rings. The van der Waals surface area contributed by atoms with Gasteiger partial charge in [0.2, 0.25) is 11.7 Å². The molecule has 0 unspecified atom stereocenters. The van der Waals surface area contributed by atoms with E-state index < -0.39 is 34.3 Å². The summed E-state index contributed by atoms with van der Waals surface area (Å²) in [7, 11) is 0. The second-order valence-electron chi connectivity index (χ2n) is 3.71. The van der Waals surface area contributed by atoms with Gasteiger partial charge in [-0.3, -0.25) is 14.9 Å². The Morgan fingerprint density at radius 3 is 2.67 bits per heavy atom. The van der Waals surface area contributed by atoms with Crippen LogP contribution in [0.25, 0.3) is 0 Å². The molecule has 0 saturated heterocycles. The van der Waals surface area contributed by atoms with Crippen LogP contribution >= 0.6 is 0 Å². The zero-order chi connectivity index (χ0) is 15.6. The number of aromatic nitrogens is 1. The smallest absolute Gasteiger partial charge is 0.400 e. The van der Waals surface area contributed by atoms with Gasteiger partial charge < -0.3 is 20.0 Å². The molecule has 0 bridgehead atoms. The highest BCUT2D eigenvalue weighted by molar-refractivity contribution is 5.93. The molecule has 3 N–H and O–H groups in total. The van der Waals surface area contributed by atoms with Gasteiger partial charge in [0.1, 0.15) is 6.26 Å². The third-order valence-electron chi connectivity index (χ3n) is 2.34. The van der Waals surface area contributed by atoms with E-state index in [-0.39, 0.29) is 11.3 Å². The standard InChI is InChI=1S/C11H7N3O7/c12-9(15)5-1-2-8(7(3-5)14(18)19)21-11-13-6(4-20-11)10(16)17/h1-4H,(H2,12,15)(H,16,17). The number of hydrogen-bond donors (Lipinski definition) is 2. The second kappa shape index (κ2) is 5.28. The number of nitrogens with zero attached hydrogens (tertiary/aromatic N) is 2. The number of primary amides is 1. The number of rotatable bonds is 5. The molecule has 1 heterocycles. The highest BCUT2D eigenvalue weighted by Gasteiger charge is 2.21. The summed E-state index contributed by atoms with van der Waals surface area (Å²) in [5.41, 5.74) is 3.99. The van der Waals surface area contributed by atoms with E-state index in [0.29, 0.717) is 0 Å². The number of aromatic carboxylic acids is 1. The van der Waals surface area contributed by atoms with Gasteiger partial charge in [-0.05, 0) is 12.1 Å². The fourth-order valence-electron chi connectivity index (χ4n) is 1.40. The molecule has 108 valence electrons. The van der Waals surface area contributed by atoms with Gasteiger partial charge in [-0.1, -0.05) is 0 Å². The molecule has 1 aromatic heterocycles. The van der Waals surface area contributed by atoms with Gasteiger partial charge in [0.05, 0.1) is 4.92 Å². The summed E-state index contributed by atoms with van der Waals surface area (Å²) in [5, 5.41) is 19.6. The summed E-state index contributed by atoms with van der Waals surface area (Å²) >= 11 is 0. The van der Waals surface area contributed by atoms with Crippen molar-refractivity contribution in [1.29, 1.82) is 0 Å². The highest BCUT2D eigenvalue weighted by Crippen LogP contribution is 2.31. The van der Waals surface area contributed by atoms with E-state index in [1.54, 1.807) is 0 Å². The molecule has 0 aliphatic carbocycles. The molecule has 0 spiro atoms. The first-order valence-corrected chi connectivity index (χ1v) is 5.33. The number of amides is 1. The van der Waals surface area contributed by atoms with Crippen LogP contribution in [0.15, 0.2) is 28.9 Å². The SMILES string of the molecule is NC(=O)c1ccc(Oc2nc(C(=O)O)co2)c([N+](=O)[O-])c1. The van der Waals surface area contributed by atoms with Gasteiger partial charge in [-0.25, -0.2) is 4.79 Å². The Kier molecular flexibility index (Phi) is 3.52. The van der Waals surface area contributed by atoms with Gasteiger partial charge in [0.25, 0.3) is 0 Å². The number of nitrogens with two attached hydrogens (primary N) is 1. The molecule has 0 saturated carbocycles. The molecule has 10 nitrogen and oxygen atoms in total. The molecule has 0 radical (unpaired) electrons. The van der Waals surface area contributed by atoms with Crippen LogP contribution in [0.1, 0.15) is 20.8 Å². The second-order valence-corrected chi connectivity index (χ2v) is 3.71. The third kappa shape index (κ3) is 2.94. The van der Waals surface area contributed by atoms with Crippen LogP contribution in [-0.2, 0) is 0 Å². The maximum atomic E-state index is 11.0. The number of carboxylic acids is 1. The largest absolute Gasteiger partial charge is 0.476 e. The normalized spacial score (nSPS) is 10.1. The maximum Gasteiger partial charge on any atom is 0.400 e. The minimum absolute atomic E-state index is 0.0762. The number of ether oxygens (including phenoxy) is 1. The number of nitro groups is 1. The average molecular weight is 293 g/mol. The van der Waals surface area contributed by atoms with Crippen molar-refractivity contribution in [3.63, 3.8) is 0 Å². The van der Waals surface area contributed by atoms with Gasteiger partial charge in [0, 0.05) is 11.6 Å². The summed E-state index contributed by atoms with van der Waals surface area (Å²) in [5.74, 6) is -2.45. The molecule has 1 aromatic carbocycles. The Labute approximate surface area is 115 Å². The van der Waals surface area contributed by atoms with Crippen LogP contribution in [0.5, 0.6) is 11.8 Å². The van der Waals surface area contributed by atoms with Crippen molar-refractivity contribution in [3.05, 3.63) is 45.8 Å². The number of hydrogen-bond acceptors (Lipinski definition) is 7. The zero-order valence-electron chi connectivity index (χ0n) is 10.2. The topological polar surface area (TPSA) is 159 Å². The highest BCUT2D eigenvalue weighted by atomic mass is 16.6. The van der Waals surface area contributed by atoms with Crippen LogP contribution in [0.4, 0.5) is 5.69 Å². The monoisotopic (exact) mass is 293 g/mol. The number of carbonyl (C=O) groups is 2. The number of oxazole rings is 1. The van der Waals surface area contributed by atoms with E-state index >= 15 is 0 Å². The Morgan fingerprint density at radius 2 is 2.14 bits per heavy atom. The molecule has 0 aliphatic rings. The van der Waals surface area contributed by atoms with Crippen molar-refractivity contribution in [2.45, 2.75) is 0 Å². The van der Waals surface area contributed by atoms with Crippen molar-refractivity contribution >= 4 is 17.6 Å². The summed E-state index contributed by atoms with van der Waals surface area (Å²) in [6.07, 6.45) is 0.337. The van der Waals surface area contributed by atoms with Gasteiger partial charge in [0.15, 0.2) is 5.69 Å². The molecule has 0 atom stereocenters. The van der Waals surface area contributed by atoms with Crippen molar-refractivity contribution in [2.75, 3.05) is 0 Å². The van der Waals surface area contributed by atoms with Crippen LogP contribution in [-0.4, -0.2) is 26.9 Å². The fraction of sp³-hybridized carbons (Fsp3) is 0. The molecule has 2 aromatic rings. The lowest BCUT2D eigenvalue weighted by molar-refractivity contribution is -0.385. The van der Waals surface area contributed by atoms with E-state index in [1.165, 1.54) is 6.07 Å². The van der Waals surface area contributed by atoms with Gasteiger partial charge in [-0.2, -0.15) is 4.98 Å². The van der Waals surface area contributed by atoms with Crippen LogP contribution < -0.4 is 10.5 Å². The lowest BCUT2D eigenvalue weighted by atomic mass is 10.2. The van der Waals surface area contributed by atoms with Crippen LogP contribution in [0, 0.1) is 10.1 Å². The summed E-state index contributed by atoms with van der Waals surface area (Å²) in [4.78, 5) is 35.2. The maximum absolute atomic E-state index is 11.0. The quantitative estimate of drug-likeness (QED) is 0.613. The van der Waals surface area contributed by atoms with Crippen molar-refractivity contribution in [1.82, 2.24) is 4.98 Å². The number of nitro benzene ring substituents is 1. The molecule has 21 heavy (non-hydrogen) atoms. The minimum atomic E-state index is -1.34. The number of carbonyl (C=O) groups excluding carboxylic acids is 1. The van der Waals surface area contributed by atoms with Crippen LogP contribution in [0.2, 0.25) is 0 Å². The van der Waals surface area contributed by atoms with Crippen LogP contribution in [0.3, 0.4) is 0 Å². The van der Waals surface area contributed by atoms with Crippen molar-refractivity contribution in [2.24, 2.45) is 5.73 Å². The fourth-order valence-corrected chi connectivity index (χ4v) is 1.40. The third-order valence-corrected chi connectivity index (χ3v) is 2.34. The van der Waals surface area contributed by atoms with E-state index in [1.807, 2.05) is 0 Å². The summed E-state index contributed by atoms with van der Waals surface area (Å²) in [6, 6.07) is 3.27. The van der Waals surface area contributed by atoms with Crippen molar-refractivity contribution in [3.8, 4) is 11.8 Å². The summed E-state index contributed by atoms with van der Waals surface area (Å²) < 4.78 is 9.72. The number of benzene rings is 1. The number of carboxylic acid groups (broad SMARTS) is 1. The Balaban J connectivity index is 2.36. The predicted molar refractivity (Wildman–Crippen MR) is 65.2 cm³/mol. The van der Waals surface area contributed by atoms with Crippen molar-refractivity contribution < 1.29 is 28.8 Å². The first-order valence-electron chi connectivity index (χ1n) is 5.33. The predicted octanol–water partition coefficient (Wildman–Crippen LogP) is 1.17. The zero-order valence-corrected chi connectivity index (χ0v) is 10.2. The van der Waals surface area contributed by atoms with Gasteiger partial charge >= 0.3 is 17.7 Å². The van der Waals surface area contributed by atoms with E-state index in [2.05, 4.69) is 4.98 Å². The lowest BCUT2D eigenvalue weighted by Crippen LogP contribution is -2.11.